The summed E-state index contributed by atoms with van der Waals surface area (Å²) in [5, 5.41) is 0. The second kappa shape index (κ2) is 17.2. The van der Waals surface area contributed by atoms with Gasteiger partial charge in [0, 0.05) is 0 Å². The summed E-state index contributed by atoms with van der Waals surface area (Å²) in [6, 6.07) is 0. The van der Waals surface area contributed by atoms with Crippen molar-refractivity contribution in [1.82, 2.24) is 0 Å². The maximum absolute atomic E-state index is 0. The molecule has 0 aliphatic carbocycles. The van der Waals surface area contributed by atoms with Gasteiger partial charge in [-0.1, -0.05) is 0 Å². The Morgan fingerprint density at radius 2 is 1.00 bits per heavy atom. The number of hydrogen-bond acceptors (Lipinski definition) is 2. The third-order valence-electron chi connectivity index (χ3n) is 0. The van der Waals surface area contributed by atoms with Gasteiger partial charge in [0.1, 0.15) is 0 Å². The summed E-state index contributed by atoms with van der Waals surface area (Å²) in [4.78, 5) is 0. The summed E-state index contributed by atoms with van der Waals surface area (Å²) in [6.45, 7) is 0. The van der Waals surface area contributed by atoms with Gasteiger partial charge in [-0.3, -0.25) is 0 Å². The van der Waals surface area contributed by atoms with E-state index in [2.05, 4.69) is 0 Å². The maximum atomic E-state index is 0. The van der Waals surface area contributed by atoms with Gasteiger partial charge in [-0.05, 0) is 0 Å². The first-order chi connectivity index (χ1) is 0. The molecule has 0 aromatic carbocycles. The van der Waals surface area contributed by atoms with Crippen molar-refractivity contribution in [2.75, 3.05) is 0 Å². The van der Waals surface area contributed by atoms with Gasteiger partial charge in [0.2, 0.25) is 0 Å². The van der Waals surface area contributed by atoms with E-state index in [-0.39, 0.29) is 100 Å². The van der Waals surface area contributed by atoms with Gasteiger partial charge in [0.05, 0.1) is 0 Å². The van der Waals surface area contributed by atoms with Crippen molar-refractivity contribution < 1.29 is 13.8 Å². The zero-order valence-electron chi connectivity index (χ0n) is 4.31. The van der Waals surface area contributed by atoms with E-state index < -0.39 is 0 Å². The Labute approximate surface area is 98.0 Å². The van der Waals surface area contributed by atoms with E-state index in [1.807, 2.05) is 0 Å². The minimum Gasteiger partial charge on any atom is -1.00 e. The second-order valence-electron chi connectivity index (χ2n) is 0. The van der Waals surface area contributed by atoms with Gasteiger partial charge < -0.3 is 13.8 Å². The molecule has 0 saturated carbocycles. The molecule has 0 radical (unpaired) electrons. The predicted molar refractivity (Wildman–Crippen MR) is 17.6 cm³/mol. The summed E-state index contributed by atoms with van der Waals surface area (Å²) >= 11 is 0. The average Bonchev–Trinajstić information content (AvgIpc) is 0. The van der Waals surface area contributed by atoms with E-state index in [1.54, 1.807) is 0 Å². The van der Waals surface area contributed by atoms with Gasteiger partial charge in [-0.15, -0.1) is 0 Å². The fourth-order valence-corrected chi connectivity index (χ4v) is 0. The van der Waals surface area contributed by atoms with Crippen molar-refractivity contribution in [3.63, 3.8) is 0 Å². The minimum atomic E-state index is 0. The van der Waals surface area contributed by atoms with Crippen molar-refractivity contribution in [1.29, 1.82) is 0 Å². The molecule has 2 N–H and O–H groups in total. The molecule has 2 nitrogen and oxygen atoms in total. The van der Waals surface area contributed by atoms with Crippen LogP contribution >= 0.6 is 0 Å². The first-order valence-electron chi connectivity index (χ1n) is 0. The molecule has 0 spiro atoms. The zero-order valence-corrected chi connectivity index (χ0v) is 8.96. The van der Waals surface area contributed by atoms with Crippen LogP contribution in [0.5, 0.6) is 0 Å². The van der Waals surface area contributed by atoms with Crippen molar-refractivity contribution >= 4 is 86.6 Å². The molecule has 0 unspecified atom stereocenters. The topological polar surface area (TPSA) is 60.0 Å². The van der Waals surface area contributed by atoms with Crippen LogP contribution in [0.1, 0.15) is 2.85 Å². The molecule has 4 heavy (non-hydrogen) atoms. The Bertz CT molecular complexity index is 11.5. The Hall–Kier alpha value is 2.75. The summed E-state index contributed by atoms with van der Waals surface area (Å²) < 4.78 is 0. The van der Waals surface area contributed by atoms with E-state index in [0.717, 1.165) is 0 Å². The van der Waals surface area contributed by atoms with Gasteiger partial charge in [0.15, 0.2) is 0 Å². The first-order valence-corrected chi connectivity index (χ1v) is 0. The van der Waals surface area contributed by atoms with Crippen LogP contribution in [0.4, 0.5) is 0 Å². The van der Waals surface area contributed by atoms with E-state index in [0.29, 0.717) is 0 Å². The van der Waals surface area contributed by atoms with Crippen molar-refractivity contribution in [3.05, 3.63) is 0 Å². The van der Waals surface area contributed by atoms with E-state index in [9.17, 15) is 0 Å². The van der Waals surface area contributed by atoms with Crippen LogP contribution in [-0.2, 0) is 0 Å². The normalized spacial score (nSPS) is 0. The zero-order chi connectivity index (χ0) is 0. The summed E-state index contributed by atoms with van der Waals surface area (Å²) in [6.07, 6.45) is 0. The van der Waals surface area contributed by atoms with E-state index in [4.69, 9.17) is 0 Å². The average molecular weight is 213 g/mol. The largest absolute Gasteiger partial charge is 2.00 e. The molecular weight excluding hydrogens is 209 g/mol. The third kappa shape index (κ3) is 8.83. The molecule has 0 aliphatic heterocycles. The van der Waals surface area contributed by atoms with Crippen molar-refractivity contribution in [2.24, 2.45) is 0 Å². The van der Waals surface area contributed by atoms with Crippen molar-refractivity contribution in [3.8, 4) is 0 Å². The molecule has 0 aliphatic rings. The van der Waals surface area contributed by atoms with Crippen LogP contribution in [0.15, 0.2) is 0 Å². The Morgan fingerprint density at radius 3 is 1.00 bits per heavy atom. The van der Waals surface area contributed by atoms with Gasteiger partial charge in [-0.2, -0.15) is 0 Å². The van der Waals surface area contributed by atoms with Crippen LogP contribution in [0.3, 0.4) is 0 Å². The summed E-state index contributed by atoms with van der Waals surface area (Å²) in [7, 11) is 0. The molecule has 0 saturated heterocycles. The molecule has 0 aromatic heterocycles. The van der Waals surface area contributed by atoms with Crippen LogP contribution in [0.2, 0.25) is 0 Å². The smallest absolute Gasteiger partial charge is 1.00 e. The molecule has 0 bridgehead atoms. The molecule has 0 aromatic rings. The molecule has 0 atom stereocenters. The monoisotopic (exact) mass is 214 g/mol. The number of rotatable bonds is 0. The van der Waals surface area contributed by atoms with Crippen molar-refractivity contribution in [2.45, 2.75) is 0 Å². The molecule has 20 valence electrons. The van der Waals surface area contributed by atoms with E-state index >= 15 is 0 Å². The number of hydrogen-bond donors (Lipinski definition) is 0. The molecule has 0 heterocycles. The first kappa shape index (κ1) is 29.5. The van der Waals surface area contributed by atoms with Crippen LogP contribution in [0.25, 0.3) is 0 Å². The SMILES string of the molecule is [Ba+2].[Ca+2].[H-].[H-].[OH-].[OH-]. The van der Waals surface area contributed by atoms with Gasteiger partial charge in [0.25, 0.3) is 0 Å². The fraction of sp³-hybridized carbons (Fsp3) is 0. The maximum Gasteiger partial charge on any atom is 2.00 e. The van der Waals surface area contributed by atoms with Gasteiger partial charge >= 0.3 is 86.6 Å². The molecule has 4 heteroatoms. The standard InChI is InChI=1S/Ba.Ca.2H2O.2H/h;;2*1H2;;/q2*+2;;;2*-1/p-2. The second-order valence-corrected chi connectivity index (χ2v) is 0. The summed E-state index contributed by atoms with van der Waals surface area (Å²) in [5.41, 5.74) is 0. The molecule has 0 fully saturated rings. The summed E-state index contributed by atoms with van der Waals surface area (Å²) in [5.74, 6) is 0. The van der Waals surface area contributed by atoms with Crippen LogP contribution in [-0.4, -0.2) is 97.6 Å². The van der Waals surface area contributed by atoms with Gasteiger partial charge in [-0.25, -0.2) is 0 Å². The molecule has 0 rings (SSSR count). The predicted octanol–water partition coefficient (Wildman–Crippen LogP) is -0.890. The third-order valence-corrected chi connectivity index (χ3v) is 0. The van der Waals surface area contributed by atoms with E-state index in [1.165, 1.54) is 0 Å². The Balaban J connectivity index is 0. The quantitative estimate of drug-likeness (QED) is 0.490. The Morgan fingerprint density at radius 1 is 1.00 bits per heavy atom. The minimum absolute atomic E-state index is 0. The molecular formula is H4BaCaO2. The Kier molecular flexibility index (Phi) is 127. The fourth-order valence-electron chi connectivity index (χ4n) is 0. The van der Waals surface area contributed by atoms with Crippen LogP contribution < -0.4 is 0 Å². The van der Waals surface area contributed by atoms with Crippen LogP contribution in [0, 0.1) is 0 Å². The molecule has 0 amide bonds.